The lowest BCUT2D eigenvalue weighted by molar-refractivity contribution is 0.313. The number of methoxy groups -OCH3 is 1. The lowest BCUT2D eigenvalue weighted by Gasteiger charge is -2.09. The first-order valence-corrected chi connectivity index (χ1v) is 8.92. The molecule has 2 heterocycles. The zero-order valence-corrected chi connectivity index (χ0v) is 14.4. The molecule has 3 aromatic rings. The van der Waals surface area contributed by atoms with Crippen LogP contribution < -0.4 is 15.0 Å². The van der Waals surface area contributed by atoms with Crippen molar-refractivity contribution in [2.45, 2.75) is 12.1 Å². The Kier molecular flexibility index (Phi) is 4.88. The normalized spacial score (nSPS) is 10.9. The highest BCUT2D eigenvalue weighted by molar-refractivity contribution is 7.99. The zero-order valence-electron chi connectivity index (χ0n) is 12.8. The predicted octanol–water partition coefficient (Wildman–Crippen LogP) is 3.47. The summed E-state index contributed by atoms with van der Waals surface area (Å²) >= 11 is 2.96. The Morgan fingerprint density at radius 2 is 2.09 bits per heavy atom. The predicted molar refractivity (Wildman–Crippen MR) is 94.2 cm³/mol. The number of thioether (sulfide) groups is 1. The summed E-state index contributed by atoms with van der Waals surface area (Å²) in [5.41, 5.74) is 0.886. The van der Waals surface area contributed by atoms with Crippen LogP contribution in [-0.4, -0.2) is 29.4 Å². The molecule has 0 fully saturated rings. The van der Waals surface area contributed by atoms with Crippen molar-refractivity contribution in [1.29, 1.82) is 0 Å². The number of H-pyrrole nitrogens is 1. The summed E-state index contributed by atoms with van der Waals surface area (Å²) in [6, 6.07) is 7.52. The average molecular weight is 348 g/mol. The van der Waals surface area contributed by atoms with E-state index in [2.05, 4.69) is 9.97 Å². The highest BCUT2D eigenvalue weighted by Gasteiger charge is 2.09. The monoisotopic (exact) mass is 348 g/mol. The second kappa shape index (κ2) is 7.06. The van der Waals surface area contributed by atoms with Crippen molar-refractivity contribution in [3.63, 3.8) is 0 Å². The molecule has 0 bridgehead atoms. The number of hydrogen-bond acceptors (Lipinski definition) is 6. The minimum Gasteiger partial charge on any atom is -0.493 e. The van der Waals surface area contributed by atoms with Crippen LogP contribution in [0.4, 0.5) is 0 Å². The van der Waals surface area contributed by atoms with Crippen molar-refractivity contribution in [1.82, 2.24) is 9.97 Å². The molecule has 1 N–H and O–H groups in total. The summed E-state index contributed by atoms with van der Waals surface area (Å²) in [6.45, 7) is 2.42. The van der Waals surface area contributed by atoms with Crippen LogP contribution in [0.5, 0.6) is 11.5 Å². The second-order valence-electron chi connectivity index (χ2n) is 4.82. The average Bonchev–Trinajstić information content (AvgIpc) is 2.93. The summed E-state index contributed by atoms with van der Waals surface area (Å²) in [7, 11) is 1.61. The van der Waals surface area contributed by atoms with E-state index in [1.165, 1.54) is 23.1 Å². The molecule has 0 aliphatic carbocycles. The summed E-state index contributed by atoms with van der Waals surface area (Å²) < 4.78 is 10.9. The number of nitrogens with zero attached hydrogens (tertiary/aromatic N) is 1. The molecule has 0 unspecified atom stereocenters. The van der Waals surface area contributed by atoms with Gasteiger partial charge < -0.3 is 14.5 Å². The van der Waals surface area contributed by atoms with Crippen molar-refractivity contribution in [2.24, 2.45) is 0 Å². The minimum atomic E-state index is -0.0816. The molecule has 0 aliphatic rings. The van der Waals surface area contributed by atoms with Gasteiger partial charge in [0.1, 0.15) is 4.83 Å². The number of rotatable bonds is 6. The van der Waals surface area contributed by atoms with Gasteiger partial charge in [-0.1, -0.05) is 23.9 Å². The minimum absolute atomic E-state index is 0.0816. The van der Waals surface area contributed by atoms with E-state index in [9.17, 15) is 4.79 Å². The van der Waals surface area contributed by atoms with Crippen LogP contribution in [0.25, 0.3) is 10.2 Å². The van der Waals surface area contributed by atoms with Crippen molar-refractivity contribution >= 4 is 33.3 Å². The fraction of sp³-hybridized carbons (Fsp3) is 0.250. The van der Waals surface area contributed by atoms with Gasteiger partial charge in [0, 0.05) is 5.75 Å². The standard InChI is InChI=1S/C16H16N2O3S2/c1-10-9-23-15-13(10)14(19)17-16(18-15)22-8-7-21-12-6-4-3-5-11(12)20-2/h3-6,9H,7-8H2,1-2H3,(H,17,18,19). The topological polar surface area (TPSA) is 64.2 Å². The van der Waals surface area contributed by atoms with Crippen LogP contribution >= 0.6 is 23.1 Å². The molecule has 0 spiro atoms. The highest BCUT2D eigenvalue weighted by Crippen LogP contribution is 2.26. The van der Waals surface area contributed by atoms with Crippen LogP contribution in [0.15, 0.2) is 39.6 Å². The van der Waals surface area contributed by atoms with Crippen LogP contribution in [-0.2, 0) is 0 Å². The molecule has 1 aromatic carbocycles. The number of ether oxygens (including phenoxy) is 2. The van der Waals surface area contributed by atoms with Gasteiger partial charge in [0.2, 0.25) is 0 Å². The van der Waals surface area contributed by atoms with E-state index < -0.39 is 0 Å². The number of aromatic amines is 1. The van der Waals surface area contributed by atoms with Crippen LogP contribution in [0.1, 0.15) is 5.56 Å². The fourth-order valence-corrected chi connectivity index (χ4v) is 3.83. The molecule has 3 rings (SSSR count). The van der Waals surface area contributed by atoms with E-state index in [4.69, 9.17) is 9.47 Å². The SMILES string of the molecule is COc1ccccc1OCCSc1nc2scc(C)c2c(=O)[nH]1. The lowest BCUT2D eigenvalue weighted by atomic mass is 10.3. The van der Waals surface area contributed by atoms with E-state index in [0.29, 0.717) is 34.4 Å². The fourth-order valence-electron chi connectivity index (χ4n) is 2.17. The number of thiophene rings is 1. The van der Waals surface area contributed by atoms with Gasteiger partial charge in [0.25, 0.3) is 5.56 Å². The van der Waals surface area contributed by atoms with Gasteiger partial charge in [-0.25, -0.2) is 4.98 Å². The smallest absolute Gasteiger partial charge is 0.260 e. The number of fused-ring (bicyclic) bond motifs is 1. The van der Waals surface area contributed by atoms with E-state index in [1.807, 2.05) is 36.6 Å². The van der Waals surface area contributed by atoms with Gasteiger partial charge in [0.15, 0.2) is 16.7 Å². The van der Waals surface area contributed by atoms with Crippen molar-refractivity contribution in [3.05, 3.63) is 45.6 Å². The molecule has 0 atom stereocenters. The molecule has 7 heteroatoms. The Balaban J connectivity index is 1.62. The van der Waals surface area contributed by atoms with Crippen LogP contribution in [0, 0.1) is 6.92 Å². The number of aryl methyl sites for hydroxylation is 1. The summed E-state index contributed by atoms with van der Waals surface area (Å²) in [5.74, 6) is 2.09. The molecular weight excluding hydrogens is 332 g/mol. The molecule has 120 valence electrons. The van der Waals surface area contributed by atoms with Gasteiger partial charge in [-0.3, -0.25) is 4.79 Å². The maximum absolute atomic E-state index is 12.1. The molecule has 0 radical (unpaired) electrons. The van der Waals surface area contributed by atoms with Gasteiger partial charge in [-0.15, -0.1) is 11.3 Å². The van der Waals surface area contributed by atoms with E-state index in [-0.39, 0.29) is 5.56 Å². The van der Waals surface area contributed by atoms with Crippen molar-refractivity contribution < 1.29 is 9.47 Å². The van der Waals surface area contributed by atoms with E-state index in [1.54, 1.807) is 7.11 Å². The third-order valence-corrected chi connectivity index (χ3v) is 5.08. The van der Waals surface area contributed by atoms with Crippen LogP contribution in [0.2, 0.25) is 0 Å². The Morgan fingerprint density at radius 1 is 1.30 bits per heavy atom. The summed E-state index contributed by atoms with van der Waals surface area (Å²) in [6.07, 6.45) is 0. The number of nitrogens with one attached hydrogen (secondary N) is 1. The van der Waals surface area contributed by atoms with Gasteiger partial charge in [-0.05, 0) is 30.0 Å². The number of benzene rings is 1. The van der Waals surface area contributed by atoms with E-state index in [0.717, 1.165) is 10.4 Å². The van der Waals surface area contributed by atoms with Gasteiger partial charge in [0.05, 0.1) is 19.1 Å². The number of para-hydroxylation sites is 2. The molecular formula is C16H16N2O3S2. The first-order chi connectivity index (χ1) is 11.2. The van der Waals surface area contributed by atoms with Gasteiger partial charge in [-0.2, -0.15) is 0 Å². The Morgan fingerprint density at radius 3 is 2.87 bits per heavy atom. The summed E-state index contributed by atoms with van der Waals surface area (Å²) in [5, 5.41) is 3.25. The molecule has 5 nitrogen and oxygen atoms in total. The molecule has 2 aromatic heterocycles. The van der Waals surface area contributed by atoms with Gasteiger partial charge >= 0.3 is 0 Å². The Hall–Kier alpha value is -1.99. The Bertz CT molecular complexity index is 873. The third-order valence-electron chi connectivity index (χ3n) is 3.25. The van der Waals surface area contributed by atoms with Crippen molar-refractivity contribution in [3.8, 4) is 11.5 Å². The molecule has 0 amide bonds. The number of hydrogen-bond donors (Lipinski definition) is 1. The molecule has 0 aliphatic heterocycles. The van der Waals surface area contributed by atoms with Crippen molar-refractivity contribution in [2.75, 3.05) is 19.5 Å². The Labute approximate surface area is 141 Å². The lowest BCUT2D eigenvalue weighted by Crippen LogP contribution is -2.09. The largest absolute Gasteiger partial charge is 0.493 e. The first kappa shape index (κ1) is 15.9. The summed E-state index contributed by atoms with van der Waals surface area (Å²) in [4.78, 5) is 20.1. The maximum atomic E-state index is 12.1. The molecule has 23 heavy (non-hydrogen) atoms. The van der Waals surface area contributed by atoms with E-state index >= 15 is 0 Å². The van der Waals surface area contributed by atoms with Crippen LogP contribution in [0.3, 0.4) is 0 Å². The number of aromatic nitrogens is 2. The molecule has 0 saturated heterocycles. The second-order valence-corrected chi connectivity index (χ2v) is 6.76. The zero-order chi connectivity index (χ0) is 16.2. The maximum Gasteiger partial charge on any atom is 0.260 e. The highest BCUT2D eigenvalue weighted by atomic mass is 32.2. The molecule has 0 saturated carbocycles. The third kappa shape index (κ3) is 3.51. The quantitative estimate of drug-likeness (QED) is 0.420. The first-order valence-electron chi connectivity index (χ1n) is 7.06.